The number of aromatic nitrogens is 4. The SMILES string of the molecule is Cc1cc(C)c(C)c(-c2cnn(-c3cc(Oc4ccc5c6ccccc6n(-c6cc(C(C)C)ccn6)c5c4)cc(C(C)C)c3)c2)c1C. The molecule has 0 N–H and O–H groups in total. The van der Waals surface area contributed by atoms with E-state index in [9.17, 15) is 0 Å². The molecule has 7 rings (SSSR count). The summed E-state index contributed by atoms with van der Waals surface area (Å²) in [6, 6.07) is 27.9. The van der Waals surface area contributed by atoms with E-state index in [-0.39, 0.29) is 0 Å². The summed E-state index contributed by atoms with van der Waals surface area (Å²) in [7, 11) is 0. The van der Waals surface area contributed by atoms with Crippen LogP contribution in [0.3, 0.4) is 0 Å². The van der Waals surface area contributed by atoms with Crippen molar-refractivity contribution < 1.29 is 4.74 Å². The highest BCUT2D eigenvalue weighted by Gasteiger charge is 2.17. The minimum atomic E-state index is 0.320. The van der Waals surface area contributed by atoms with Crippen LogP contribution in [0.15, 0.2) is 97.5 Å². The molecule has 0 bridgehead atoms. The van der Waals surface area contributed by atoms with E-state index in [0.717, 1.165) is 39.6 Å². The van der Waals surface area contributed by atoms with Gasteiger partial charge < -0.3 is 4.74 Å². The molecular weight excluding hydrogens is 576 g/mol. The lowest BCUT2D eigenvalue weighted by molar-refractivity contribution is 0.481. The smallest absolute Gasteiger partial charge is 0.137 e. The van der Waals surface area contributed by atoms with Gasteiger partial charge in [0.25, 0.3) is 0 Å². The highest BCUT2D eigenvalue weighted by molar-refractivity contribution is 6.09. The maximum Gasteiger partial charge on any atom is 0.137 e. The number of nitrogens with zero attached hydrogens (tertiary/aromatic N) is 4. The highest BCUT2D eigenvalue weighted by Crippen LogP contribution is 2.37. The van der Waals surface area contributed by atoms with Crippen molar-refractivity contribution in [2.45, 2.75) is 67.2 Å². The van der Waals surface area contributed by atoms with Crippen LogP contribution in [0, 0.1) is 27.7 Å². The Morgan fingerprint density at radius 1 is 0.660 bits per heavy atom. The zero-order valence-electron chi connectivity index (χ0n) is 28.6. The molecular formula is C42H42N4O. The molecule has 47 heavy (non-hydrogen) atoms. The molecule has 236 valence electrons. The van der Waals surface area contributed by atoms with Crippen molar-refractivity contribution in [2.75, 3.05) is 0 Å². The van der Waals surface area contributed by atoms with E-state index in [2.05, 4.69) is 145 Å². The van der Waals surface area contributed by atoms with Gasteiger partial charge in [-0.05, 0) is 121 Å². The summed E-state index contributed by atoms with van der Waals surface area (Å²) in [5, 5.41) is 7.20. The molecule has 0 fully saturated rings. The Morgan fingerprint density at radius 3 is 2.13 bits per heavy atom. The first-order valence-electron chi connectivity index (χ1n) is 16.5. The maximum absolute atomic E-state index is 6.67. The van der Waals surface area contributed by atoms with Gasteiger partial charge in [0, 0.05) is 40.9 Å². The summed E-state index contributed by atoms with van der Waals surface area (Å²) in [6.45, 7) is 17.6. The van der Waals surface area contributed by atoms with Crippen LogP contribution in [-0.4, -0.2) is 19.3 Å². The molecule has 5 heteroatoms. The minimum Gasteiger partial charge on any atom is -0.457 e. The van der Waals surface area contributed by atoms with E-state index >= 15 is 0 Å². The maximum atomic E-state index is 6.67. The first-order valence-corrected chi connectivity index (χ1v) is 16.5. The Hall–Kier alpha value is -5.16. The topological polar surface area (TPSA) is 44.9 Å². The number of para-hydroxylation sites is 1. The summed E-state index contributed by atoms with van der Waals surface area (Å²) < 4.78 is 10.9. The van der Waals surface area contributed by atoms with E-state index in [4.69, 9.17) is 14.8 Å². The average molecular weight is 619 g/mol. The first-order chi connectivity index (χ1) is 22.6. The molecule has 0 atom stereocenters. The van der Waals surface area contributed by atoms with E-state index in [1.165, 1.54) is 49.7 Å². The van der Waals surface area contributed by atoms with Gasteiger partial charge in [0.15, 0.2) is 0 Å². The van der Waals surface area contributed by atoms with Gasteiger partial charge in [0.1, 0.15) is 17.3 Å². The number of fused-ring (bicyclic) bond motifs is 3. The summed E-state index contributed by atoms with van der Waals surface area (Å²) in [4.78, 5) is 4.81. The van der Waals surface area contributed by atoms with Crippen molar-refractivity contribution >= 4 is 21.8 Å². The quantitative estimate of drug-likeness (QED) is 0.178. The molecule has 0 saturated carbocycles. The second-order valence-electron chi connectivity index (χ2n) is 13.5. The monoisotopic (exact) mass is 618 g/mol. The van der Waals surface area contributed by atoms with E-state index < -0.39 is 0 Å². The Kier molecular flexibility index (Phi) is 7.71. The third-order valence-corrected chi connectivity index (χ3v) is 9.63. The van der Waals surface area contributed by atoms with Crippen LogP contribution in [0.2, 0.25) is 0 Å². The predicted octanol–water partition coefficient (Wildman–Crippen LogP) is 11.3. The van der Waals surface area contributed by atoms with Crippen LogP contribution < -0.4 is 4.74 Å². The van der Waals surface area contributed by atoms with Crippen molar-refractivity contribution in [2.24, 2.45) is 0 Å². The van der Waals surface area contributed by atoms with Gasteiger partial charge >= 0.3 is 0 Å². The van der Waals surface area contributed by atoms with Crippen molar-refractivity contribution in [1.29, 1.82) is 0 Å². The molecule has 0 aliphatic carbocycles. The third-order valence-electron chi connectivity index (χ3n) is 9.63. The van der Waals surface area contributed by atoms with Gasteiger partial charge in [-0.25, -0.2) is 9.67 Å². The fraction of sp³-hybridized carbons (Fsp3) is 0.238. The molecule has 0 unspecified atom stereocenters. The second kappa shape index (κ2) is 11.9. The van der Waals surface area contributed by atoms with Gasteiger partial charge in [0.05, 0.1) is 22.9 Å². The second-order valence-corrected chi connectivity index (χ2v) is 13.5. The van der Waals surface area contributed by atoms with Crippen LogP contribution >= 0.6 is 0 Å². The van der Waals surface area contributed by atoms with Crippen molar-refractivity contribution in [1.82, 2.24) is 19.3 Å². The van der Waals surface area contributed by atoms with E-state index in [0.29, 0.717) is 11.8 Å². The highest BCUT2D eigenvalue weighted by atomic mass is 16.5. The van der Waals surface area contributed by atoms with Gasteiger partial charge in [-0.2, -0.15) is 5.10 Å². The lowest BCUT2D eigenvalue weighted by Gasteiger charge is -2.15. The number of ether oxygens (including phenoxy) is 1. The minimum absolute atomic E-state index is 0.320. The fourth-order valence-electron chi connectivity index (χ4n) is 6.69. The molecule has 0 aliphatic heterocycles. The molecule has 0 amide bonds. The zero-order valence-corrected chi connectivity index (χ0v) is 28.6. The molecule has 0 radical (unpaired) electrons. The van der Waals surface area contributed by atoms with Gasteiger partial charge in [-0.3, -0.25) is 4.57 Å². The third kappa shape index (κ3) is 5.50. The number of aryl methyl sites for hydroxylation is 2. The summed E-state index contributed by atoms with van der Waals surface area (Å²) in [6.07, 6.45) is 6.03. The Labute approximate surface area is 277 Å². The largest absolute Gasteiger partial charge is 0.457 e. The number of hydrogen-bond acceptors (Lipinski definition) is 3. The Morgan fingerprint density at radius 2 is 1.38 bits per heavy atom. The lowest BCUT2D eigenvalue weighted by Crippen LogP contribution is -2.00. The van der Waals surface area contributed by atoms with E-state index in [1.54, 1.807) is 0 Å². The summed E-state index contributed by atoms with van der Waals surface area (Å²) in [5.41, 5.74) is 13.2. The molecule has 0 spiro atoms. The predicted molar refractivity (Wildman–Crippen MR) is 195 cm³/mol. The average Bonchev–Trinajstić information content (AvgIpc) is 3.67. The van der Waals surface area contributed by atoms with Gasteiger partial charge in [-0.1, -0.05) is 52.0 Å². The normalized spacial score (nSPS) is 11.8. The van der Waals surface area contributed by atoms with Gasteiger partial charge in [0.2, 0.25) is 0 Å². The van der Waals surface area contributed by atoms with Crippen LogP contribution in [0.5, 0.6) is 11.5 Å². The first kappa shape index (κ1) is 30.5. The zero-order chi connectivity index (χ0) is 33.0. The molecule has 5 nitrogen and oxygen atoms in total. The van der Waals surface area contributed by atoms with Crippen LogP contribution in [0.1, 0.15) is 72.9 Å². The number of hydrogen-bond donors (Lipinski definition) is 0. The molecule has 0 saturated heterocycles. The lowest BCUT2D eigenvalue weighted by atomic mass is 9.91. The Bertz CT molecular complexity index is 2260. The fourth-order valence-corrected chi connectivity index (χ4v) is 6.69. The van der Waals surface area contributed by atoms with Gasteiger partial charge in [-0.15, -0.1) is 0 Å². The number of pyridine rings is 1. The molecule has 7 aromatic rings. The number of rotatable bonds is 7. The molecule has 0 aliphatic rings. The van der Waals surface area contributed by atoms with E-state index in [1.807, 2.05) is 17.1 Å². The number of benzene rings is 4. The van der Waals surface area contributed by atoms with Crippen molar-refractivity contribution in [3.05, 3.63) is 131 Å². The van der Waals surface area contributed by atoms with Crippen LogP contribution in [0.25, 0.3) is 44.4 Å². The van der Waals surface area contributed by atoms with Crippen molar-refractivity contribution in [3.8, 4) is 34.1 Å². The van der Waals surface area contributed by atoms with Crippen LogP contribution in [-0.2, 0) is 0 Å². The molecule has 3 heterocycles. The standard InChI is InChI=1S/C42H42N4O/c1-25(2)31-15-16-43-41(20-31)46-39-12-10-9-11-37(39)38-14-13-35(22-40(38)46)47-36-19-32(26(3)4)18-34(21-36)45-24-33(23-44-45)42-29(7)27(5)17-28(6)30(42)8/h9-26H,1-8H3. The molecule has 3 aromatic heterocycles. The molecule has 4 aromatic carbocycles. The summed E-state index contributed by atoms with van der Waals surface area (Å²) in [5.74, 6) is 3.19. The van der Waals surface area contributed by atoms with Crippen molar-refractivity contribution in [3.63, 3.8) is 0 Å². The summed E-state index contributed by atoms with van der Waals surface area (Å²) >= 11 is 0. The van der Waals surface area contributed by atoms with Crippen LogP contribution in [0.4, 0.5) is 0 Å². The Balaban J connectivity index is 1.31.